The molecule has 0 spiro atoms. The molecule has 1 fully saturated rings. The minimum Gasteiger partial charge on any atom is -0.369 e. The summed E-state index contributed by atoms with van der Waals surface area (Å²) in [7, 11) is 0. The van der Waals surface area contributed by atoms with E-state index in [9.17, 15) is 4.79 Å². The van der Waals surface area contributed by atoms with Crippen LogP contribution in [-0.2, 0) is 38.8 Å². The summed E-state index contributed by atoms with van der Waals surface area (Å²) in [6, 6.07) is 30.3. The molecule has 180 valence electrons. The van der Waals surface area contributed by atoms with Crippen LogP contribution in [0.2, 0.25) is 0 Å². The summed E-state index contributed by atoms with van der Waals surface area (Å²) in [5, 5.41) is 0. The first kappa shape index (κ1) is 23.5. The molecule has 5 nitrogen and oxygen atoms in total. The van der Waals surface area contributed by atoms with E-state index in [1.807, 2.05) is 89.8 Å². The zero-order chi connectivity index (χ0) is 24.1. The van der Waals surface area contributed by atoms with Crippen molar-refractivity contribution in [2.24, 2.45) is 0 Å². The van der Waals surface area contributed by atoms with Crippen LogP contribution in [0, 0.1) is 0 Å². The highest BCUT2D eigenvalue weighted by Crippen LogP contribution is 2.39. The summed E-state index contributed by atoms with van der Waals surface area (Å²) in [6.45, 7) is 3.80. The monoisotopic (exact) mass is 469 g/mol. The van der Waals surface area contributed by atoms with Crippen molar-refractivity contribution in [3.63, 3.8) is 0 Å². The van der Waals surface area contributed by atoms with Gasteiger partial charge in [-0.1, -0.05) is 97.1 Å². The number of amides is 1. The lowest BCUT2D eigenvalue weighted by molar-refractivity contribution is -0.213. The van der Waals surface area contributed by atoms with Crippen molar-refractivity contribution < 1.29 is 19.0 Å². The van der Waals surface area contributed by atoms with Gasteiger partial charge in [0, 0.05) is 6.08 Å². The van der Waals surface area contributed by atoms with Gasteiger partial charge in [0.05, 0.1) is 31.9 Å². The van der Waals surface area contributed by atoms with Gasteiger partial charge in [0.25, 0.3) is 0 Å². The molecule has 0 aromatic heterocycles. The van der Waals surface area contributed by atoms with Gasteiger partial charge in [0.2, 0.25) is 5.91 Å². The smallest absolute Gasteiger partial charge is 0.247 e. The lowest BCUT2D eigenvalue weighted by Crippen LogP contribution is -2.68. The number of carbonyl (C=O) groups excluding carboxylic acids is 1. The minimum atomic E-state index is -0.611. The Kier molecular flexibility index (Phi) is 7.09. The van der Waals surface area contributed by atoms with Crippen molar-refractivity contribution in [1.29, 1.82) is 0 Å². The maximum Gasteiger partial charge on any atom is 0.247 e. The standard InChI is InChI=1S/C30H31NO4/c1-30-18-17-27(32)31(30)19-26(33-20-23-11-5-2-6-12-23)28(34-21-24-13-7-3-8-14-24)29(30)35-22-25-15-9-4-10-16-25/h2-18,26,28-29H,19-22H2,1H3/t26-,28+,29+,30-/m1/s1. The number of hydrogen-bond acceptors (Lipinski definition) is 4. The lowest BCUT2D eigenvalue weighted by atomic mass is 9.83. The molecule has 1 saturated heterocycles. The third-order valence-corrected chi connectivity index (χ3v) is 6.88. The molecule has 1 amide bonds. The second kappa shape index (κ2) is 10.6. The number of rotatable bonds is 9. The maximum atomic E-state index is 12.8. The van der Waals surface area contributed by atoms with Crippen LogP contribution in [0.1, 0.15) is 23.6 Å². The molecule has 5 rings (SSSR count). The minimum absolute atomic E-state index is 0.0179. The highest BCUT2D eigenvalue weighted by molar-refractivity contribution is 5.92. The normalized spacial score (nSPS) is 25.6. The fraction of sp³-hybridized carbons (Fsp3) is 0.300. The quantitative estimate of drug-likeness (QED) is 0.447. The van der Waals surface area contributed by atoms with Crippen LogP contribution in [0.5, 0.6) is 0 Å². The zero-order valence-electron chi connectivity index (χ0n) is 20.0. The molecule has 2 heterocycles. The van der Waals surface area contributed by atoms with E-state index in [2.05, 4.69) is 19.1 Å². The molecule has 3 aromatic rings. The van der Waals surface area contributed by atoms with E-state index in [0.717, 1.165) is 16.7 Å². The molecule has 35 heavy (non-hydrogen) atoms. The molecule has 2 aliphatic heterocycles. The number of piperidine rings is 1. The van der Waals surface area contributed by atoms with E-state index in [0.29, 0.717) is 26.4 Å². The Bertz CT molecular complexity index is 1130. The van der Waals surface area contributed by atoms with Gasteiger partial charge in [0.15, 0.2) is 0 Å². The summed E-state index contributed by atoms with van der Waals surface area (Å²) >= 11 is 0. The van der Waals surface area contributed by atoms with E-state index >= 15 is 0 Å². The summed E-state index contributed by atoms with van der Waals surface area (Å²) in [6.07, 6.45) is 2.50. The van der Waals surface area contributed by atoms with Crippen LogP contribution in [0.15, 0.2) is 103 Å². The van der Waals surface area contributed by atoms with Gasteiger partial charge in [-0.25, -0.2) is 0 Å². The van der Waals surface area contributed by atoms with Crippen molar-refractivity contribution in [2.75, 3.05) is 6.54 Å². The van der Waals surface area contributed by atoms with Crippen molar-refractivity contribution in [3.05, 3.63) is 120 Å². The van der Waals surface area contributed by atoms with Crippen LogP contribution < -0.4 is 0 Å². The topological polar surface area (TPSA) is 48.0 Å². The third-order valence-electron chi connectivity index (χ3n) is 6.88. The molecule has 2 aliphatic rings. The van der Waals surface area contributed by atoms with Crippen LogP contribution in [-0.4, -0.2) is 41.2 Å². The van der Waals surface area contributed by atoms with E-state index < -0.39 is 11.6 Å². The molecule has 3 aromatic carbocycles. The van der Waals surface area contributed by atoms with Gasteiger partial charge in [0.1, 0.15) is 18.3 Å². The third kappa shape index (κ3) is 5.22. The second-order valence-corrected chi connectivity index (χ2v) is 9.32. The number of fused-ring (bicyclic) bond motifs is 1. The van der Waals surface area contributed by atoms with Gasteiger partial charge in [-0.2, -0.15) is 0 Å². The molecule has 0 saturated carbocycles. The Morgan fingerprint density at radius 3 is 1.77 bits per heavy atom. The number of ether oxygens (including phenoxy) is 3. The SMILES string of the molecule is C[C@]12C=CC(=O)N1C[C@@H](OCc1ccccc1)[C@H](OCc1ccccc1)[C@@H]2OCc1ccccc1. The number of nitrogens with zero attached hydrogens (tertiary/aromatic N) is 1. The first-order chi connectivity index (χ1) is 17.1. The Balaban J connectivity index is 1.42. The zero-order valence-corrected chi connectivity index (χ0v) is 20.0. The van der Waals surface area contributed by atoms with Crippen LogP contribution in [0.4, 0.5) is 0 Å². The first-order valence-electron chi connectivity index (χ1n) is 12.1. The molecular formula is C30H31NO4. The van der Waals surface area contributed by atoms with E-state index in [-0.39, 0.29) is 18.1 Å². The molecule has 0 aliphatic carbocycles. The average Bonchev–Trinajstić information content (AvgIpc) is 3.20. The van der Waals surface area contributed by atoms with E-state index in [1.165, 1.54) is 0 Å². The van der Waals surface area contributed by atoms with Gasteiger partial charge in [-0.05, 0) is 23.6 Å². The molecule has 0 radical (unpaired) electrons. The largest absolute Gasteiger partial charge is 0.369 e. The number of benzene rings is 3. The Hall–Kier alpha value is -3.25. The van der Waals surface area contributed by atoms with Crippen molar-refractivity contribution in [3.8, 4) is 0 Å². The second-order valence-electron chi connectivity index (χ2n) is 9.32. The van der Waals surface area contributed by atoms with Gasteiger partial charge in [-0.3, -0.25) is 4.79 Å². The van der Waals surface area contributed by atoms with Crippen molar-refractivity contribution in [1.82, 2.24) is 4.90 Å². The molecule has 0 N–H and O–H groups in total. The highest BCUT2D eigenvalue weighted by Gasteiger charge is 2.55. The Labute approximate surface area is 206 Å². The predicted octanol–water partition coefficient (Wildman–Crippen LogP) is 4.91. The van der Waals surface area contributed by atoms with Crippen LogP contribution >= 0.6 is 0 Å². The summed E-state index contributed by atoms with van der Waals surface area (Å²) in [5.41, 5.74) is 2.63. The van der Waals surface area contributed by atoms with Crippen LogP contribution in [0.25, 0.3) is 0 Å². The fourth-order valence-electron chi connectivity index (χ4n) is 4.91. The molecule has 5 heteroatoms. The van der Waals surface area contributed by atoms with Crippen molar-refractivity contribution >= 4 is 5.91 Å². The van der Waals surface area contributed by atoms with E-state index in [1.54, 1.807) is 6.08 Å². The van der Waals surface area contributed by atoms with Gasteiger partial charge in [-0.15, -0.1) is 0 Å². The molecule has 0 bridgehead atoms. The first-order valence-corrected chi connectivity index (χ1v) is 12.1. The van der Waals surface area contributed by atoms with Gasteiger partial charge < -0.3 is 19.1 Å². The maximum absolute atomic E-state index is 12.8. The highest BCUT2D eigenvalue weighted by atomic mass is 16.6. The summed E-state index contributed by atoms with van der Waals surface area (Å²) in [4.78, 5) is 14.7. The molecule has 0 unspecified atom stereocenters. The van der Waals surface area contributed by atoms with Crippen molar-refractivity contribution in [2.45, 2.75) is 50.6 Å². The average molecular weight is 470 g/mol. The molecule has 4 atom stereocenters. The fourth-order valence-corrected chi connectivity index (χ4v) is 4.91. The van der Waals surface area contributed by atoms with Gasteiger partial charge >= 0.3 is 0 Å². The number of hydrogen-bond donors (Lipinski definition) is 0. The Morgan fingerprint density at radius 1 is 0.743 bits per heavy atom. The summed E-state index contributed by atoms with van der Waals surface area (Å²) < 4.78 is 19.6. The molecular weight excluding hydrogens is 438 g/mol. The predicted molar refractivity (Wildman–Crippen MR) is 134 cm³/mol. The number of carbonyl (C=O) groups is 1. The lowest BCUT2D eigenvalue weighted by Gasteiger charge is -2.51. The van der Waals surface area contributed by atoms with E-state index in [4.69, 9.17) is 14.2 Å². The Morgan fingerprint density at radius 2 is 1.23 bits per heavy atom. The summed E-state index contributed by atoms with van der Waals surface area (Å²) in [5.74, 6) is -0.0179. The van der Waals surface area contributed by atoms with Crippen LogP contribution in [0.3, 0.4) is 0 Å².